The minimum atomic E-state index is -0.725. The predicted octanol–water partition coefficient (Wildman–Crippen LogP) is 6.53. The molecule has 0 aliphatic heterocycles. The average Bonchev–Trinajstić information content (AvgIpc) is 2.72. The fraction of sp³-hybridized carbons (Fsp3) is 0.538. The molecule has 1 heterocycles. The van der Waals surface area contributed by atoms with Crippen LogP contribution in [0.1, 0.15) is 71.3 Å². The van der Waals surface area contributed by atoms with Crippen molar-refractivity contribution in [2.75, 3.05) is 0 Å². The normalized spacial score (nSPS) is 19.4. The van der Waals surface area contributed by atoms with Gasteiger partial charge in [0.05, 0.1) is 18.0 Å². The summed E-state index contributed by atoms with van der Waals surface area (Å²) in [4.78, 5) is 15.3. The first-order valence-electron chi connectivity index (χ1n) is 11.2. The first-order chi connectivity index (χ1) is 14.3. The first-order valence-corrected chi connectivity index (χ1v) is 11.2. The van der Waals surface area contributed by atoms with Gasteiger partial charge in [-0.3, -0.25) is 9.78 Å². The van der Waals surface area contributed by atoms with E-state index in [1.165, 1.54) is 18.4 Å². The summed E-state index contributed by atoms with van der Waals surface area (Å²) >= 11 is 0. The van der Waals surface area contributed by atoms with Crippen molar-refractivity contribution in [2.24, 2.45) is 11.3 Å². The van der Waals surface area contributed by atoms with E-state index in [1.54, 1.807) is 0 Å². The summed E-state index contributed by atoms with van der Waals surface area (Å²) < 4.78 is 6.21. The van der Waals surface area contributed by atoms with Gasteiger partial charge in [0.15, 0.2) is 0 Å². The number of aliphatic carboxylic acids is 1. The van der Waals surface area contributed by atoms with Crippen LogP contribution in [-0.4, -0.2) is 22.2 Å². The second-order valence-electron chi connectivity index (χ2n) is 9.64. The number of hydrogen-bond acceptors (Lipinski definition) is 3. The third kappa shape index (κ3) is 6.58. The van der Waals surface area contributed by atoms with E-state index in [9.17, 15) is 4.79 Å². The number of carbonyl (C=O) groups is 1. The lowest BCUT2D eigenvalue weighted by Gasteiger charge is -2.36. The highest BCUT2D eigenvalue weighted by Crippen LogP contribution is 2.38. The van der Waals surface area contributed by atoms with E-state index in [0.717, 1.165) is 48.6 Å². The maximum atomic E-state index is 10.6. The molecule has 0 spiro atoms. The Labute approximate surface area is 180 Å². The Morgan fingerprint density at radius 2 is 1.87 bits per heavy atom. The second kappa shape index (κ2) is 10.1. The number of rotatable bonds is 8. The van der Waals surface area contributed by atoms with Gasteiger partial charge in [0.25, 0.3) is 0 Å². The summed E-state index contributed by atoms with van der Waals surface area (Å²) in [5.74, 6) is 0.912. The van der Waals surface area contributed by atoms with Crippen molar-refractivity contribution in [3.8, 4) is 17.0 Å². The minimum absolute atomic E-state index is 0.237. The largest absolute Gasteiger partial charge is 0.489 e. The van der Waals surface area contributed by atoms with E-state index in [-0.39, 0.29) is 6.42 Å². The Balaban J connectivity index is 1.53. The smallest absolute Gasteiger partial charge is 0.303 e. The Morgan fingerprint density at radius 1 is 1.10 bits per heavy atom. The summed E-state index contributed by atoms with van der Waals surface area (Å²) in [6.45, 7) is 7.02. The summed E-state index contributed by atoms with van der Waals surface area (Å²) in [5, 5.41) is 8.75. The Morgan fingerprint density at radius 3 is 2.50 bits per heavy atom. The molecule has 1 aromatic carbocycles. The zero-order valence-electron chi connectivity index (χ0n) is 18.6. The van der Waals surface area contributed by atoms with E-state index in [4.69, 9.17) is 9.84 Å². The standard InChI is InChI=1S/C26H35NO3/c1-26(2,3)21-11-13-22(14-12-21)30-23-15-16-24(27-18-23)20-9-6-8-19(17-20)7-4-5-10-25(28)29/h6,8-9,15-18,21-22H,4-5,7,10-14H2,1-3H3,(H,28,29). The SMILES string of the molecule is CC(C)(C)C1CCC(Oc2ccc(-c3cccc(CCCCC(=O)O)c3)nc2)CC1. The summed E-state index contributed by atoms with van der Waals surface area (Å²) in [5.41, 5.74) is 3.63. The maximum Gasteiger partial charge on any atom is 0.303 e. The Hall–Kier alpha value is -2.36. The molecule has 1 aliphatic carbocycles. The number of nitrogens with zero attached hydrogens (tertiary/aromatic N) is 1. The van der Waals surface area contributed by atoms with Crippen LogP contribution in [0.4, 0.5) is 0 Å². The van der Waals surface area contributed by atoms with Crippen molar-refractivity contribution in [1.82, 2.24) is 4.98 Å². The molecule has 0 atom stereocenters. The molecule has 1 N–H and O–H groups in total. The third-order valence-corrected chi connectivity index (χ3v) is 6.27. The molecule has 4 heteroatoms. The van der Waals surface area contributed by atoms with E-state index in [2.05, 4.69) is 44.0 Å². The van der Waals surface area contributed by atoms with Crippen molar-refractivity contribution in [3.05, 3.63) is 48.2 Å². The van der Waals surface area contributed by atoms with E-state index < -0.39 is 5.97 Å². The number of benzene rings is 1. The highest BCUT2D eigenvalue weighted by molar-refractivity contribution is 5.66. The number of aromatic nitrogens is 1. The molecule has 3 rings (SSSR count). The second-order valence-corrected chi connectivity index (χ2v) is 9.64. The molecular formula is C26H35NO3. The van der Waals surface area contributed by atoms with Crippen LogP contribution in [0.3, 0.4) is 0 Å². The van der Waals surface area contributed by atoms with Gasteiger partial charge in [-0.15, -0.1) is 0 Å². The highest BCUT2D eigenvalue weighted by Gasteiger charge is 2.30. The number of unbranched alkanes of at least 4 members (excludes halogenated alkanes) is 1. The van der Waals surface area contributed by atoms with Gasteiger partial charge in [-0.25, -0.2) is 0 Å². The number of ether oxygens (including phenoxy) is 1. The van der Waals surface area contributed by atoms with Gasteiger partial charge in [0, 0.05) is 12.0 Å². The van der Waals surface area contributed by atoms with E-state index in [1.807, 2.05) is 24.4 Å². The van der Waals surface area contributed by atoms with Crippen molar-refractivity contribution in [2.45, 2.75) is 78.2 Å². The van der Waals surface area contributed by atoms with Gasteiger partial charge >= 0.3 is 5.97 Å². The molecule has 2 aromatic rings. The molecule has 0 unspecified atom stereocenters. The van der Waals surface area contributed by atoms with Gasteiger partial charge in [-0.2, -0.15) is 0 Å². The molecule has 0 radical (unpaired) electrons. The van der Waals surface area contributed by atoms with Crippen molar-refractivity contribution < 1.29 is 14.6 Å². The molecule has 30 heavy (non-hydrogen) atoms. The lowest BCUT2D eigenvalue weighted by atomic mass is 9.72. The summed E-state index contributed by atoms with van der Waals surface area (Å²) in [7, 11) is 0. The molecule has 162 valence electrons. The highest BCUT2D eigenvalue weighted by atomic mass is 16.5. The molecule has 1 aromatic heterocycles. The molecular weight excluding hydrogens is 374 g/mol. The fourth-order valence-corrected chi connectivity index (χ4v) is 4.35. The Bertz CT molecular complexity index is 815. The van der Waals surface area contributed by atoms with Crippen LogP contribution in [0.25, 0.3) is 11.3 Å². The average molecular weight is 410 g/mol. The number of hydrogen-bond donors (Lipinski definition) is 1. The van der Waals surface area contributed by atoms with Gasteiger partial charge < -0.3 is 9.84 Å². The molecule has 4 nitrogen and oxygen atoms in total. The fourth-order valence-electron chi connectivity index (χ4n) is 4.35. The monoisotopic (exact) mass is 409 g/mol. The first kappa shape index (κ1) is 22.3. The van der Waals surface area contributed by atoms with Crippen molar-refractivity contribution >= 4 is 5.97 Å². The molecule has 1 aliphatic rings. The van der Waals surface area contributed by atoms with Crippen LogP contribution in [-0.2, 0) is 11.2 Å². The Kier molecular flexibility index (Phi) is 7.52. The van der Waals surface area contributed by atoms with Crippen molar-refractivity contribution in [1.29, 1.82) is 0 Å². The van der Waals surface area contributed by atoms with Gasteiger partial charge in [0.2, 0.25) is 0 Å². The molecule has 1 saturated carbocycles. The third-order valence-electron chi connectivity index (χ3n) is 6.27. The lowest BCUT2D eigenvalue weighted by molar-refractivity contribution is -0.137. The van der Waals surface area contributed by atoms with Crippen LogP contribution in [0.2, 0.25) is 0 Å². The predicted molar refractivity (Wildman–Crippen MR) is 121 cm³/mol. The zero-order chi connectivity index (χ0) is 21.6. The van der Waals surface area contributed by atoms with Crippen LogP contribution in [0.5, 0.6) is 5.75 Å². The van der Waals surface area contributed by atoms with Gasteiger partial charge in [-0.05, 0) is 80.0 Å². The van der Waals surface area contributed by atoms with Crippen LogP contribution < -0.4 is 4.74 Å². The number of carboxylic acids is 1. The van der Waals surface area contributed by atoms with Crippen molar-refractivity contribution in [3.63, 3.8) is 0 Å². The summed E-state index contributed by atoms with van der Waals surface area (Å²) in [6, 6.07) is 12.4. The lowest BCUT2D eigenvalue weighted by Crippen LogP contribution is -2.30. The zero-order valence-corrected chi connectivity index (χ0v) is 18.6. The van der Waals surface area contributed by atoms with Gasteiger partial charge in [-0.1, -0.05) is 39.0 Å². The maximum absolute atomic E-state index is 10.6. The number of aryl methyl sites for hydroxylation is 1. The topological polar surface area (TPSA) is 59.4 Å². The molecule has 0 saturated heterocycles. The van der Waals surface area contributed by atoms with Crippen LogP contribution in [0, 0.1) is 11.3 Å². The van der Waals surface area contributed by atoms with E-state index >= 15 is 0 Å². The summed E-state index contributed by atoms with van der Waals surface area (Å²) in [6.07, 6.45) is 9.56. The number of pyridine rings is 1. The molecule has 0 amide bonds. The van der Waals surface area contributed by atoms with Gasteiger partial charge in [0.1, 0.15) is 5.75 Å². The van der Waals surface area contributed by atoms with E-state index in [0.29, 0.717) is 17.9 Å². The minimum Gasteiger partial charge on any atom is -0.489 e. The quantitative estimate of drug-likeness (QED) is 0.504. The number of carboxylic acid groups (broad SMARTS) is 1. The molecule has 1 fully saturated rings. The van der Waals surface area contributed by atoms with Crippen LogP contribution >= 0.6 is 0 Å². The molecule has 0 bridgehead atoms. The van der Waals surface area contributed by atoms with Crippen LogP contribution in [0.15, 0.2) is 42.6 Å².